The summed E-state index contributed by atoms with van der Waals surface area (Å²) in [6.45, 7) is 0.810. The minimum absolute atomic E-state index is 0.130. The van der Waals surface area contributed by atoms with Gasteiger partial charge in [-0.15, -0.1) is 0 Å². The minimum atomic E-state index is -0.163. The van der Waals surface area contributed by atoms with Gasteiger partial charge in [-0.1, -0.05) is 12.1 Å². The average molecular weight is 238 g/mol. The van der Waals surface area contributed by atoms with Crippen LogP contribution in [0.2, 0.25) is 0 Å². The maximum Gasteiger partial charge on any atom is 0.146 e. The SMILES string of the molecule is CNC1CC(OC)CCN1c1ccccc1F. The fraction of sp³-hybridized carbons (Fsp3) is 0.538. The summed E-state index contributed by atoms with van der Waals surface area (Å²) in [5.74, 6) is -0.163. The highest BCUT2D eigenvalue weighted by atomic mass is 19.1. The van der Waals surface area contributed by atoms with Gasteiger partial charge in [0.15, 0.2) is 0 Å². The van der Waals surface area contributed by atoms with Crippen LogP contribution in [0.4, 0.5) is 10.1 Å². The van der Waals surface area contributed by atoms with Crippen molar-refractivity contribution in [2.75, 3.05) is 25.6 Å². The molecule has 0 radical (unpaired) electrons. The number of ether oxygens (including phenoxy) is 1. The molecule has 17 heavy (non-hydrogen) atoms. The number of hydrogen-bond donors (Lipinski definition) is 1. The summed E-state index contributed by atoms with van der Waals surface area (Å²) >= 11 is 0. The molecule has 1 saturated heterocycles. The first-order valence-electron chi connectivity index (χ1n) is 5.97. The van der Waals surface area contributed by atoms with Gasteiger partial charge in [-0.2, -0.15) is 0 Å². The van der Waals surface area contributed by atoms with Gasteiger partial charge in [-0.25, -0.2) is 4.39 Å². The van der Waals surface area contributed by atoms with Crippen molar-refractivity contribution in [3.05, 3.63) is 30.1 Å². The molecule has 0 saturated carbocycles. The molecule has 94 valence electrons. The smallest absolute Gasteiger partial charge is 0.146 e. The lowest BCUT2D eigenvalue weighted by Crippen LogP contribution is -2.51. The molecule has 2 rings (SSSR count). The second kappa shape index (κ2) is 5.47. The number of piperidine rings is 1. The lowest BCUT2D eigenvalue weighted by Gasteiger charge is -2.40. The maximum absolute atomic E-state index is 13.8. The summed E-state index contributed by atoms with van der Waals surface area (Å²) in [5, 5.41) is 3.22. The first-order valence-corrected chi connectivity index (χ1v) is 5.97. The van der Waals surface area contributed by atoms with Gasteiger partial charge in [0, 0.05) is 20.1 Å². The third-order valence-electron chi connectivity index (χ3n) is 3.38. The Morgan fingerprint density at radius 3 is 2.82 bits per heavy atom. The van der Waals surface area contributed by atoms with Crippen molar-refractivity contribution < 1.29 is 9.13 Å². The standard InChI is InChI=1S/C13H19FN2O/c1-15-13-9-10(17-2)7-8-16(13)12-6-4-3-5-11(12)14/h3-6,10,13,15H,7-9H2,1-2H3. The molecule has 2 atom stereocenters. The third kappa shape index (κ3) is 2.58. The van der Waals surface area contributed by atoms with E-state index in [1.165, 1.54) is 6.07 Å². The quantitative estimate of drug-likeness (QED) is 0.871. The molecule has 3 nitrogen and oxygen atoms in total. The van der Waals surface area contributed by atoms with E-state index in [9.17, 15) is 4.39 Å². The molecule has 1 fully saturated rings. The number of nitrogens with zero attached hydrogens (tertiary/aromatic N) is 1. The van der Waals surface area contributed by atoms with Crippen LogP contribution in [0.15, 0.2) is 24.3 Å². The summed E-state index contributed by atoms with van der Waals surface area (Å²) in [4.78, 5) is 2.07. The number of para-hydroxylation sites is 1. The van der Waals surface area contributed by atoms with E-state index in [2.05, 4.69) is 10.2 Å². The number of anilines is 1. The number of methoxy groups -OCH3 is 1. The molecule has 1 aromatic carbocycles. The number of nitrogens with one attached hydrogen (secondary N) is 1. The Labute approximate surface area is 102 Å². The van der Waals surface area contributed by atoms with Gasteiger partial charge >= 0.3 is 0 Å². The maximum atomic E-state index is 13.8. The normalized spacial score (nSPS) is 25.0. The van der Waals surface area contributed by atoms with Gasteiger partial charge in [0.25, 0.3) is 0 Å². The zero-order valence-electron chi connectivity index (χ0n) is 10.3. The molecule has 1 N–H and O–H groups in total. The highest BCUT2D eigenvalue weighted by Gasteiger charge is 2.28. The Balaban J connectivity index is 2.18. The Hall–Kier alpha value is -1.13. The molecule has 0 amide bonds. The van der Waals surface area contributed by atoms with E-state index in [4.69, 9.17) is 4.74 Å². The Morgan fingerprint density at radius 1 is 1.41 bits per heavy atom. The lowest BCUT2D eigenvalue weighted by molar-refractivity contribution is 0.0664. The third-order valence-corrected chi connectivity index (χ3v) is 3.38. The summed E-state index contributed by atoms with van der Waals surface area (Å²) in [7, 11) is 3.63. The summed E-state index contributed by atoms with van der Waals surface area (Å²) < 4.78 is 19.1. The zero-order valence-corrected chi connectivity index (χ0v) is 10.3. The average Bonchev–Trinajstić information content (AvgIpc) is 2.38. The summed E-state index contributed by atoms with van der Waals surface area (Å²) in [6, 6.07) is 6.92. The molecule has 0 aliphatic carbocycles. The molecule has 1 aromatic rings. The van der Waals surface area contributed by atoms with Crippen molar-refractivity contribution in [2.45, 2.75) is 25.1 Å². The van der Waals surface area contributed by atoms with Crippen LogP contribution in [0.25, 0.3) is 0 Å². The van der Waals surface area contributed by atoms with Crippen LogP contribution in [-0.4, -0.2) is 33.0 Å². The molecule has 1 aliphatic rings. The van der Waals surface area contributed by atoms with Crippen molar-refractivity contribution in [3.63, 3.8) is 0 Å². The van der Waals surface area contributed by atoms with E-state index in [1.54, 1.807) is 13.2 Å². The van der Waals surface area contributed by atoms with Crippen LogP contribution in [0.3, 0.4) is 0 Å². The molecular weight excluding hydrogens is 219 g/mol. The summed E-state index contributed by atoms with van der Waals surface area (Å²) in [5.41, 5.74) is 0.668. The predicted molar refractivity (Wildman–Crippen MR) is 66.6 cm³/mol. The second-order valence-corrected chi connectivity index (χ2v) is 4.33. The molecule has 2 unspecified atom stereocenters. The van der Waals surface area contributed by atoms with E-state index in [0.717, 1.165) is 19.4 Å². The molecule has 1 heterocycles. The van der Waals surface area contributed by atoms with Crippen molar-refractivity contribution in [1.82, 2.24) is 5.32 Å². The van der Waals surface area contributed by atoms with Gasteiger partial charge < -0.3 is 15.0 Å². The second-order valence-electron chi connectivity index (χ2n) is 4.33. The molecule has 4 heteroatoms. The Kier molecular flexibility index (Phi) is 3.97. The molecule has 0 spiro atoms. The highest BCUT2D eigenvalue weighted by molar-refractivity contribution is 5.48. The first kappa shape index (κ1) is 12.3. The van der Waals surface area contributed by atoms with Gasteiger partial charge in [0.2, 0.25) is 0 Å². The van der Waals surface area contributed by atoms with E-state index in [0.29, 0.717) is 5.69 Å². The van der Waals surface area contributed by atoms with E-state index in [-0.39, 0.29) is 18.1 Å². The topological polar surface area (TPSA) is 24.5 Å². The fourth-order valence-corrected chi connectivity index (χ4v) is 2.39. The number of rotatable bonds is 3. The first-order chi connectivity index (χ1) is 8.26. The van der Waals surface area contributed by atoms with Gasteiger partial charge in [-0.05, 0) is 25.6 Å². The van der Waals surface area contributed by atoms with Crippen molar-refractivity contribution >= 4 is 5.69 Å². The predicted octanol–water partition coefficient (Wildman–Crippen LogP) is 1.99. The van der Waals surface area contributed by atoms with Crippen molar-refractivity contribution in [2.24, 2.45) is 0 Å². The van der Waals surface area contributed by atoms with Gasteiger partial charge in [0.1, 0.15) is 5.82 Å². The molecular formula is C13H19FN2O. The van der Waals surface area contributed by atoms with Crippen molar-refractivity contribution in [1.29, 1.82) is 0 Å². The molecule has 0 aromatic heterocycles. The number of benzene rings is 1. The molecule has 0 bridgehead atoms. The van der Waals surface area contributed by atoms with Crippen LogP contribution in [0.1, 0.15) is 12.8 Å². The monoisotopic (exact) mass is 238 g/mol. The van der Waals surface area contributed by atoms with Crippen LogP contribution >= 0.6 is 0 Å². The minimum Gasteiger partial charge on any atom is -0.381 e. The lowest BCUT2D eigenvalue weighted by atomic mass is 10.0. The Morgan fingerprint density at radius 2 is 2.18 bits per heavy atom. The Bertz CT molecular complexity index is 372. The van der Waals surface area contributed by atoms with E-state index >= 15 is 0 Å². The van der Waals surface area contributed by atoms with Gasteiger partial charge in [0.05, 0.1) is 18.0 Å². The largest absolute Gasteiger partial charge is 0.381 e. The summed E-state index contributed by atoms with van der Waals surface area (Å²) in [6.07, 6.45) is 2.20. The zero-order chi connectivity index (χ0) is 12.3. The fourth-order valence-electron chi connectivity index (χ4n) is 2.39. The van der Waals surface area contributed by atoms with Crippen LogP contribution in [-0.2, 0) is 4.74 Å². The van der Waals surface area contributed by atoms with E-state index in [1.807, 2.05) is 19.2 Å². The highest BCUT2D eigenvalue weighted by Crippen LogP contribution is 2.26. The van der Waals surface area contributed by atoms with Crippen molar-refractivity contribution in [3.8, 4) is 0 Å². The van der Waals surface area contributed by atoms with Crippen LogP contribution < -0.4 is 10.2 Å². The van der Waals surface area contributed by atoms with E-state index < -0.39 is 0 Å². The number of hydrogen-bond acceptors (Lipinski definition) is 3. The van der Waals surface area contributed by atoms with Crippen LogP contribution in [0.5, 0.6) is 0 Å². The number of halogens is 1. The van der Waals surface area contributed by atoms with Gasteiger partial charge in [-0.3, -0.25) is 0 Å². The van der Waals surface area contributed by atoms with Crippen LogP contribution in [0, 0.1) is 5.82 Å². The molecule has 1 aliphatic heterocycles.